The van der Waals surface area contributed by atoms with Crippen molar-refractivity contribution in [3.8, 4) is 0 Å². The third kappa shape index (κ3) is 4.96. The number of ether oxygens (including phenoxy) is 1. The molecule has 2 fully saturated rings. The lowest BCUT2D eigenvalue weighted by Crippen LogP contribution is -2.46. The Morgan fingerprint density at radius 3 is 2.70 bits per heavy atom. The first kappa shape index (κ1) is 16.2. The maximum absolute atomic E-state index is 12.3. The van der Waals surface area contributed by atoms with Gasteiger partial charge in [0.15, 0.2) is 0 Å². The van der Waals surface area contributed by atoms with Crippen LogP contribution in [0.15, 0.2) is 0 Å². The lowest BCUT2D eigenvalue weighted by atomic mass is 10.1. The van der Waals surface area contributed by atoms with Gasteiger partial charge in [-0.25, -0.2) is 12.7 Å². The molecule has 1 N–H and O–H groups in total. The third-order valence-corrected chi connectivity index (χ3v) is 5.88. The maximum Gasteiger partial charge on any atom is 0.215 e. The Labute approximate surface area is 122 Å². The number of sulfonamides is 1. The molecule has 0 aliphatic carbocycles. The summed E-state index contributed by atoms with van der Waals surface area (Å²) < 4.78 is 31.6. The van der Waals surface area contributed by atoms with Crippen LogP contribution in [-0.2, 0) is 14.8 Å². The maximum atomic E-state index is 12.3. The number of rotatable bonds is 6. The lowest BCUT2D eigenvalue weighted by Gasteiger charge is -2.29. The van der Waals surface area contributed by atoms with Gasteiger partial charge in [-0.15, -0.1) is 0 Å². The average Bonchev–Trinajstić information content (AvgIpc) is 2.47. The second-order valence-electron chi connectivity index (χ2n) is 5.68. The highest BCUT2D eigenvalue weighted by Gasteiger charge is 2.24. The third-order valence-electron chi connectivity index (χ3n) is 4.08. The van der Waals surface area contributed by atoms with E-state index in [1.165, 1.54) is 4.31 Å². The van der Waals surface area contributed by atoms with Crippen molar-refractivity contribution in [1.82, 2.24) is 14.5 Å². The summed E-state index contributed by atoms with van der Waals surface area (Å²) in [5.41, 5.74) is 0. The van der Waals surface area contributed by atoms with Gasteiger partial charge in [-0.2, -0.15) is 0 Å². The van der Waals surface area contributed by atoms with Crippen molar-refractivity contribution < 1.29 is 13.2 Å². The normalized spacial score (nSPS) is 26.0. The second kappa shape index (κ2) is 7.70. The minimum atomic E-state index is -3.17. The summed E-state index contributed by atoms with van der Waals surface area (Å²) in [6.07, 6.45) is 3.27. The van der Waals surface area contributed by atoms with Crippen LogP contribution in [0.4, 0.5) is 0 Å². The minimum Gasteiger partial charge on any atom is -0.377 e. The second-order valence-corrected chi connectivity index (χ2v) is 7.87. The Kier molecular flexibility index (Phi) is 6.22. The zero-order chi connectivity index (χ0) is 14.4. The molecule has 0 bridgehead atoms. The van der Waals surface area contributed by atoms with Gasteiger partial charge in [-0.3, -0.25) is 4.90 Å². The molecule has 2 heterocycles. The average molecular weight is 305 g/mol. The molecule has 1 unspecified atom stereocenters. The molecule has 1 atom stereocenters. The van der Waals surface area contributed by atoms with Gasteiger partial charge in [-0.05, 0) is 19.3 Å². The van der Waals surface area contributed by atoms with E-state index in [2.05, 4.69) is 10.2 Å². The van der Waals surface area contributed by atoms with E-state index in [-0.39, 0.29) is 11.9 Å². The van der Waals surface area contributed by atoms with Crippen molar-refractivity contribution in [3.63, 3.8) is 0 Å². The summed E-state index contributed by atoms with van der Waals surface area (Å²) in [6.45, 7) is 5.65. The van der Waals surface area contributed by atoms with E-state index in [1.54, 1.807) is 7.05 Å². The van der Waals surface area contributed by atoms with E-state index in [4.69, 9.17) is 4.74 Å². The van der Waals surface area contributed by atoms with E-state index < -0.39 is 10.0 Å². The van der Waals surface area contributed by atoms with Gasteiger partial charge in [0.2, 0.25) is 10.0 Å². The van der Waals surface area contributed by atoms with Gasteiger partial charge in [0.05, 0.1) is 11.9 Å². The fraction of sp³-hybridized carbons (Fsp3) is 1.00. The van der Waals surface area contributed by atoms with Crippen LogP contribution in [0.3, 0.4) is 0 Å². The van der Waals surface area contributed by atoms with Crippen molar-refractivity contribution in [2.75, 3.05) is 58.7 Å². The molecule has 0 amide bonds. The minimum absolute atomic E-state index is 0.0720. The molecule has 0 aromatic heterocycles. The predicted molar refractivity (Wildman–Crippen MR) is 79.3 cm³/mol. The molecule has 2 aliphatic rings. The summed E-state index contributed by atoms with van der Waals surface area (Å²) in [5.74, 6) is 0.205. The molecule has 0 saturated carbocycles. The number of hydrogen-bond acceptors (Lipinski definition) is 5. The SMILES string of the molecule is CN(CC1CCCCO1)S(=O)(=O)CCN1CCNCC1. The van der Waals surface area contributed by atoms with Crippen LogP contribution in [0, 0.1) is 0 Å². The molecule has 20 heavy (non-hydrogen) atoms. The monoisotopic (exact) mass is 305 g/mol. The van der Waals surface area contributed by atoms with Crippen molar-refractivity contribution in [1.29, 1.82) is 0 Å². The summed E-state index contributed by atoms with van der Waals surface area (Å²) in [4.78, 5) is 2.21. The quantitative estimate of drug-likeness (QED) is 0.731. The first-order chi connectivity index (χ1) is 9.58. The molecule has 0 radical (unpaired) electrons. The highest BCUT2D eigenvalue weighted by molar-refractivity contribution is 7.89. The standard InChI is InChI=1S/C13H27N3O3S/c1-15(12-13-4-2-3-10-19-13)20(17,18)11-9-16-7-5-14-6-8-16/h13-14H,2-12H2,1H3. The predicted octanol–water partition coefficient (Wildman–Crippen LogP) is -0.278. The van der Waals surface area contributed by atoms with Gasteiger partial charge < -0.3 is 10.1 Å². The molecule has 6 nitrogen and oxygen atoms in total. The highest BCUT2D eigenvalue weighted by atomic mass is 32.2. The van der Waals surface area contributed by atoms with E-state index in [1.807, 2.05) is 0 Å². The molecule has 0 aromatic rings. The number of nitrogens with one attached hydrogen (secondary N) is 1. The molecule has 0 spiro atoms. The van der Waals surface area contributed by atoms with Gasteiger partial charge in [0, 0.05) is 52.9 Å². The van der Waals surface area contributed by atoms with Gasteiger partial charge in [0.1, 0.15) is 0 Å². The Bertz CT molecular complexity index is 376. The van der Waals surface area contributed by atoms with Crippen molar-refractivity contribution in [2.45, 2.75) is 25.4 Å². The first-order valence-electron chi connectivity index (χ1n) is 7.56. The van der Waals surface area contributed by atoms with Crippen molar-refractivity contribution in [2.24, 2.45) is 0 Å². The van der Waals surface area contributed by atoms with Crippen LogP contribution in [0.2, 0.25) is 0 Å². The van der Waals surface area contributed by atoms with E-state index >= 15 is 0 Å². The summed E-state index contributed by atoms with van der Waals surface area (Å²) >= 11 is 0. The fourth-order valence-corrected chi connectivity index (χ4v) is 3.88. The van der Waals surface area contributed by atoms with Gasteiger partial charge >= 0.3 is 0 Å². The van der Waals surface area contributed by atoms with Crippen LogP contribution in [0.25, 0.3) is 0 Å². The number of hydrogen-bond donors (Lipinski definition) is 1. The van der Waals surface area contributed by atoms with E-state index in [0.717, 1.165) is 52.0 Å². The largest absolute Gasteiger partial charge is 0.377 e. The summed E-state index contributed by atoms with van der Waals surface area (Å²) in [7, 11) is -1.50. The fourth-order valence-electron chi connectivity index (χ4n) is 2.69. The molecule has 2 saturated heterocycles. The van der Waals surface area contributed by atoms with Gasteiger partial charge in [0.25, 0.3) is 0 Å². The Morgan fingerprint density at radius 1 is 1.30 bits per heavy atom. The Hall–Kier alpha value is -0.210. The van der Waals surface area contributed by atoms with Crippen LogP contribution in [-0.4, -0.2) is 82.4 Å². The molecular formula is C13H27N3O3S. The van der Waals surface area contributed by atoms with E-state index in [0.29, 0.717) is 13.1 Å². The van der Waals surface area contributed by atoms with E-state index in [9.17, 15) is 8.42 Å². The lowest BCUT2D eigenvalue weighted by molar-refractivity contribution is 0.00857. The Morgan fingerprint density at radius 2 is 2.05 bits per heavy atom. The topological polar surface area (TPSA) is 61.9 Å². The molecule has 2 rings (SSSR count). The molecule has 2 aliphatic heterocycles. The van der Waals surface area contributed by atoms with Crippen LogP contribution < -0.4 is 5.32 Å². The smallest absolute Gasteiger partial charge is 0.215 e. The molecule has 118 valence electrons. The zero-order valence-corrected chi connectivity index (χ0v) is 13.2. The van der Waals surface area contributed by atoms with Crippen LogP contribution >= 0.6 is 0 Å². The molecule has 7 heteroatoms. The first-order valence-corrected chi connectivity index (χ1v) is 9.17. The number of nitrogens with zero attached hydrogens (tertiary/aromatic N) is 2. The van der Waals surface area contributed by atoms with Gasteiger partial charge in [-0.1, -0.05) is 0 Å². The zero-order valence-electron chi connectivity index (χ0n) is 12.4. The molecule has 0 aromatic carbocycles. The highest BCUT2D eigenvalue weighted by Crippen LogP contribution is 2.14. The number of likely N-dealkylation sites (N-methyl/N-ethyl adjacent to an activating group) is 1. The molecular weight excluding hydrogens is 278 g/mol. The van der Waals surface area contributed by atoms with Crippen molar-refractivity contribution >= 4 is 10.0 Å². The Balaban J connectivity index is 1.75. The summed E-state index contributed by atoms with van der Waals surface area (Å²) in [5, 5.41) is 3.27. The van der Waals surface area contributed by atoms with Crippen molar-refractivity contribution in [3.05, 3.63) is 0 Å². The van der Waals surface area contributed by atoms with Crippen LogP contribution in [0.5, 0.6) is 0 Å². The summed E-state index contributed by atoms with van der Waals surface area (Å²) in [6, 6.07) is 0. The number of piperazine rings is 1. The van der Waals surface area contributed by atoms with Crippen LogP contribution in [0.1, 0.15) is 19.3 Å².